The molecule has 84 valence electrons. The Morgan fingerprint density at radius 2 is 2.12 bits per heavy atom. The van der Waals surface area contributed by atoms with Crippen LogP contribution in [0.25, 0.3) is 0 Å². The van der Waals surface area contributed by atoms with Gasteiger partial charge >= 0.3 is 0 Å². The summed E-state index contributed by atoms with van der Waals surface area (Å²) in [6, 6.07) is 7.85. The molecule has 1 aromatic heterocycles. The van der Waals surface area contributed by atoms with Gasteiger partial charge in [0.2, 0.25) is 0 Å². The number of H-pyrrole nitrogens is 1. The van der Waals surface area contributed by atoms with Gasteiger partial charge in [0.15, 0.2) is 4.77 Å². The van der Waals surface area contributed by atoms with Crippen molar-refractivity contribution < 1.29 is 0 Å². The summed E-state index contributed by atoms with van der Waals surface area (Å²) >= 11 is 11.4. The second-order valence-electron chi connectivity index (χ2n) is 3.64. The number of rotatable bonds is 2. The maximum atomic E-state index is 6.16. The van der Waals surface area contributed by atoms with Crippen molar-refractivity contribution in [3.8, 4) is 0 Å². The summed E-state index contributed by atoms with van der Waals surface area (Å²) in [7, 11) is 0. The van der Waals surface area contributed by atoms with Crippen LogP contribution in [0, 0.1) is 11.7 Å². The summed E-state index contributed by atoms with van der Waals surface area (Å²) in [6.45, 7) is 3.97. The fourth-order valence-electron chi connectivity index (χ4n) is 1.79. The first-order valence-corrected chi connectivity index (χ1v) is 5.78. The molecule has 0 spiro atoms. The molecule has 0 amide bonds. The van der Waals surface area contributed by atoms with E-state index in [0.29, 0.717) is 4.77 Å². The normalized spacial score (nSPS) is 12.7. The van der Waals surface area contributed by atoms with Crippen LogP contribution in [-0.2, 0) is 0 Å². The van der Waals surface area contributed by atoms with Gasteiger partial charge in [-0.3, -0.25) is 9.67 Å². The third-order valence-corrected chi connectivity index (χ3v) is 3.26. The Balaban J connectivity index is 2.51. The molecule has 1 unspecified atom stereocenters. The van der Waals surface area contributed by atoms with Crippen molar-refractivity contribution in [3.63, 3.8) is 0 Å². The van der Waals surface area contributed by atoms with Crippen molar-refractivity contribution in [1.29, 1.82) is 0 Å². The fourth-order valence-corrected chi connectivity index (χ4v) is 2.42. The van der Waals surface area contributed by atoms with Crippen LogP contribution in [0.15, 0.2) is 24.3 Å². The molecule has 1 N–H and O–H groups in total. The minimum Gasteiger partial charge on any atom is -0.297 e. The molecule has 1 heterocycles. The largest absolute Gasteiger partial charge is 0.297 e. The van der Waals surface area contributed by atoms with E-state index in [1.165, 1.54) is 0 Å². The maximum Gasteiger partial charge on any atom is 0.195 e. The lowest BCUT2D eigenvalue weighted by atomic mass is 10.1. The van der Waals surface area contributed by atoms with Crippen LogP contribution < -0.4 is 0 Å². The van der Waals surface area contributed by atoms with Crippen LogP contribution in [0.4, 0.5) is 0 Å². The van der Waals surface area contributed by atoms with Gasteiger partial charge in [-0.05, 0) is 37.7 Å². The van der Waals surface area contributed by atoms with Gasteiger partial charge in [-0.15, -0.1) is 0 Å². The second kappa shape index (κ2) is 4.39. The molecule has 0 aliphatic heterocycles. The zero-order valence-electron chi connectivity index (χ0n) is 9.07. The molecular weight excluding hydrogens is 242 g/mol. The molecule has 0 bridgehead atoms. The van der Waals surface area contributed by atoms with E-state index in [1.807, 2.05) is 35.8 Å². The Hall–Kier alpha value is -1.13. The van der Waals surface area contributed by atoms with Crippen LogP contribution in [-0.4, -0.2) is 14.8 Å². The number of nitrogens with zero attached hydrogens (tertiary/aromatic N) is 2. The molecule has 0 aliphatic carbocycles. The summed E-state index contributed by atoms with van der Waals surface area (Å²) in [4.78, 5) is 0. The van der Waals surface area contributed by atoms with Crippen molar-refractivity contribution >= 4 is 23.8 Å². The molecule has 0 fully saturated rings. The number of aromatic nitrogens is 3. The van der Waals surface area contributed by atoms with Gasteiger partial charge in [0, 0.05) is 5.02 Å². The monoisotopic (exact) mass is 253 g/mol. The Morgan fingerprint density at radius 1 is 1.44 bits per heavy atom. The van der Waals surface area contributed by atoms with Gasteiger partial charge in [-0.2, -0.15) is 5.10 Å². The van der Waals surface area contributed by atoms with Crippen molar-refractivity contribution in [2.75, 3.05) is 0 Å². The topological polar surface area (TPSA) is 33.6 Å². The maximum absolute atomic E-state index is 6.16. The number of aromatic amines is 1. The highest BCUT2D eigenvalue weighted by Crippen LogP contribution is 2.26. The lowest BCUT2D eigenvalue weighted by Crippen LogP contribution is -2.09. The lowest BCUT2D eigenvalue weighted by molar-refractivity contribution is 0.611. The summed E-state index contributed by atoms with van der Waals surface area (Å²) in [5.74, 6) is 0.859. The number of nitrogens with one attached hydrogen (secondary N) is 1. The third-order valence-electron chi connectivity index (χ3n) is 2.62. The zero-order valence-corrected chi connectivity index (χ0v) is 10.6. The van der Waals surface area contributed by atoms with E-state index in [2.05, 4.69) is 17.1 Å². The van der Waals surface area contributed by atoms with Crippen LogP contribution in [0.5, 0.6) is 0 Å². The fraction of sp³-hybridized carbons (Fsp3) is 0.273. The van der Waals surface area contributed by atoms with Gasteiger partial charge in [0.1, 0.15) is 5.82 Å². The molecule has 2 aromatic rings. The van der Waals surface area contributed by atoms with E-state index in [0.717, 1.165) is 16.4 Å². The van der Waals surface area contributed by atoms with Crippen LogP contribution in [0.2, 0.25) is 5.02 Å². The lowest BCUT2D eigenvalue weighted by Gasteiger charge is -2.15. The predicted octanol–water partition coefficient (Wildman–Crippen LogP) is 3.51. The number of hydrogen-bond acceptors (Lipinski definition) is 2. The van der Waals surface area contributed by atoms with Crippen molar-refractivity contribution in [1.82, 2.24) is 14.8 Å². The van der Waals surface area contributed by atoms with Crippen molar-refractivity contribution in [2.45, 2.75) is 19.9 Å². The zero-order chi connectivity index (χ0) is 11.7. The highest BCUT2D eigenvalue weighted by molar-refractivity contribution is 7.71. The number of aryl methyl sites for hydroxylation is 1. The van der Waals surface area contributed by atoms with Gasteiger partial charge in [0.25, 0.3) is 0 Å². The number of benzene rings is 1. The molecule has 3 nitrogen and oxygen atoms in total. The smallest absolute Gasteiger partial charge is 0.195 e. The molecule has 1 atom stereocenters. The molecule has 2 rings (SSSR count). The standard InChI is InChI=1S/C11H12ClN3S/c1-7(9-5-3-4-6-10(9)12)15-8(2)13-14-11(15)16/h3-7H,1-2H3,(H,14,16). The van der Waals surface area contributed by atoms with Gasteiger partial charge < -0.3 is 0 Å². The summed E-state index contributed by atoms with van der Waals surface area (Å²) in [5, 5.41) is 7.62. The first kappa shape index (κ1) is 11.4. The molecule has 0 radical (unpaired) electrons. The highest BCUT2D eigenvalue weighted by atomic mass is 35.5. The molecule has 16 heavy (non-hydrogen) atoms. The molecular formula is C11H12ClN3S. The van der Waals surface area contributed by atoms with Crippen LogP contribution in [0.3, 0.4) is 0 Å². The SMILES string of the molecule is Cc1n[nH]c(=S)n1C(C)c1ccccc1Cl. The molecule has 1 aromatic carbocycles. The summed E-state index contributed by atoms with van der Waals surface area (Å²) in [6.07, 6.45) is 0. The summed E-state index contributed by atoms with van der Waals surface area (Å²) < 4.78 is 2.57. The Bertz CT molecular complexity index is 558. The first-order valence-electron chi connectivity index (χ1n) is 4.99. The Labute approximate surface area is 104 Å². The number of hydrogen-bond donors (Lipinski definition) is 1. The van der Waals surface area contributed by atoms with Crippen molar-refractivity contribution in [3.05, 3.63) is 45.4 Å². The van der Waals surface area contributed by atoms with E-state index in [-0.39, 0.29) is 6.04 Å². The van der Waals surface area contributed by atoms with Gasteiger partial charge in [0.05, 0.1) is 6.04 Å². The average molecular weight is 254 g/mol. The van der Waals surface area contributed by atoms with Crippen molar-refractivity contribution in [2.24, 2.45) is 0 Å². The molecule has 0 aliphatic rings. The van der Waals surface area contributed by atoms with Crippen LogP contribution >= 0.6 is 23.8 Å². The van der Waals surface area contributed by atoms with E-state index < -0.39 is 0 Å². The van der Waals surface area contributed by atoms with Crippen LogP contribution in [0.1, 0.15) is 24.4 Å². The van der Waals surface area contributed by atoms with E-state index in [1.54, 1.807) is 0 Å². The van der Waals surface area contributed by atoms with Gasteiger partial charge in [-0.25, -0.2) is 0 Å². The molecule has 5 heteroatoms. The molecule has 0 saturated carbocycles. The van der Waals surface area contributed by atoms with E-state index in [4.69, 9.17) is 23.8 Å². The van der Waals surface area contributed by atoms with Gasteiger partial charge in [-0.1, -0.05) is 29.8 Å². The average Bonchev–Trinajstić information content (AvgIpc) is 2.58. The molecule has 0 saturated heterocycles. The summed E-state index contributed by atoms with van der Waals surface area (Å²) in [5.41, 5.74) is 1.05. The van der Waals surface area contributed by atoms with E-state index in [9.17, 15) is 0 Å². The second-order valence-corrected chi connectivity index (χ2v) is 4.44. The number of halogens is 1. The highest BCUT2D eigenvalue weighted by Gasteiger charge is 2.14. The van der Waals surface area contributed by atoms with E-state index >= 15 is 0 Å². The Kier molecular flexibility index (Phi) is 3.12. The third kappa shape index (κ3) is 1.90. The quantitative estimate of drug-likeness (QED) is 0.831. The predicted molar refractivity (Wildman–Crippen MR) is 67.4 cm³/mol. The minimum atomic E-state index is 0.0833. The Morgan fingerprint density at radius 3 is 2.69 bits per heavy atom. The first-order chi connectivity index (χ1) is 7.61. The minimum absolute atomic E-state index is 0.0833.